The molecule has 0 aromatic carbocycles. The molecular weight excluding hydrogens is 376 g/mol. The van der Waals surface area contributed by atoms with Crippen LogP contribution in [0.5, 0.6) is 0 Å². The average molecular weight is 405 g/mol. The van der Waals surface area contributed by atoms with Gasteiger partial charge in [-0.25, -0.2) is 0 Å². The molecule has 5 atom stereocenters. The van der Waals surface area contributed by atoms with Crippen LogP contribution in [0.2, 0.25) is 5.15 Å². The Hall–Kier alpha value is -1.56. The van der Waals surface area contributed by atoms with E-state index in [0.717, 1.165) is 44.9 Å². The van der Waals surface area contributed by atoms with E-state index in [4.69, 9.17) is 11.6 Å². The van der Waals surface area contributed by atoms with Crippen LogP contribution in [0.4, 0.5) is 0 Å². The molecule has 4 aliphatic carbocycles. The van der Waals surface area contributed by atoms with Gasteiger partial charge in [-0.05, 0) is 75.5 Å². The predicted octanol–water partition coefficient (Wildman–Crippen LogP) is 3.46. The van der Waals surface area contributed by atoms with E-state index in [-0.39, 0.29) is 23.4 Å². The number of nitrogens with one attached hydrogen (secondary N) is 2. The second-order valence-electron chi connectivity index (χ2n) is 9.64. The number of nitrogens with zero attached hydrogens (tertiary/aromatic N) is 2. The molecule has 0 aliphatic heterocycles. The number of aromatic nitrogens is 2. The van der Waals surface area contributed by atoms with Crippen molar-refractivity contribution >= 4 is 23.4 Å². The summed E-state index contributed by atoms with van der Waals surface area (Å²) < 4.78 is 1.81. The van der Waals surface area contributed by atoms with Gasteiger partial charge in [-0.3, -0.25) is 14.3 Å². The van der Waals surface area contributed by atoms with E-state index in [2.05, 4.69) is 15.7 Å². The van der Waals surface area contributed by atoms with Crippen LogP contribution in [0.25, 0.3) is 0 Å². The monoisotopic (exact) mass is 404 g/mol. The lowest BCUT2D eigenvalue weighted by atomic mass is 9.75. The Balaban J connectivity index is 1.33. The van der Waals surface area contributed by atoms with Crippen LogP contribution in [0.1, 0.15) is 81.1 Å². The Kier molecular flexibility index (Phi) is 4.45. The summed E-state index contributed by atoms with van der Waals surface area (Å²) in [6.07, 6.45) is 11.5. The normalized spacial score (nSPS) is 36.6. The molecule has 5 rings (SSSR count). The molecule has 28 heavy (non-hydrogen) atoms. The number of hydrogen-bond acceptors (Lipinski definition) is 3. The third-order valence-electron chi connectivity index (χ3n) is 7.76. The van der Waals surface area contributed by atoms with Crippen molar-refractivity contribution in [3.05, 3.63) is 16.9 Å². The predicted molar refractivity (Wildman–Crippen MR) is 106 cm³/mol. The SMILES string of the molecule is CC(=O)N[C@]12CC3CC[C@H](NC(=O)c4cnn(C5CCC5)c4Cl)C(C1)C(C3)C2. The molecule has 6 nitrogen and oxygen atoms in total. The van der Waals surface area contributed by atoms with Crippen LogP contribution in [-0.2, 0) is 4.79 Å². The minimum atomic E-state index is -0.102. The minimum absolute atomic E-state index is 0.0553. The highest BCUT2D eigenvalue weighted by Crippen LogP contribution is 2.55. The Bertz CT molecular complexity index is 804. The fourth-order valence-corrected chi connectivity index (χ4v) is 6.82. The average Bonchev–Trinajstić information content (AvgIpc) is 3.03. The maximum atomic E-state index is 13.0. The van der Waals surface area contributed by atoms with Crippen LogP contribution < -0.4 is 10.6 Å². The number of fused-ring (bicyclic) bond motifs is 2. The maximum Gasteiger partial charge on any atom is 0.256 e. The third-order valence-corrected chi connectivity index (χ3v) is 8.14. The fourth-order valence-electron chi connectivity index (χ4n) is 6.50. The van der Waals surface area contributed by atoms with Crippen molar-refractivity contribution < 1.29 is 9.59 Å². The van der Waals surface area contributed by atoms with Crippen molar-refractivity contribution in [2.45, 2.75) is 82.3 Å². The Morgan fingerprint density at radius 2 is 2.04 bits per heavy atom. The summed E-state index contributed by atoms with van der Waals surface area (Å²) >= 11 is 6.49. The molecule has 152 valence electrons. The van der Waals surface area contributed by atoms with E-state index in [9.17, 15) is 9.59 Å². The van der Waals surface area contributed by atoms with E-state index < -0.39 is 0 Å². The van der Waals surface area contributed by atoms with Crippen molar-refractivity contribution in [3.8, 4) is 0 Å². The molecule has 4 aliphatic rings. The summed E-state index contributed by atoms with van der Waals surface area (Å²) in [5.41, 5.74) is 0.439. The van der Waals surface area contributed by atoms with E-state index in [1.165, 1.54) is 12.8 Å². The van der Waals surface area contributed by atoms with Gasteiger partial charge in [0.05, 0.1) is 17.8 Å². The van der Waals surface area contributed by atoms with Crippen LogP contribution >= 0.6 is 11.6 Å². The largest absolute Gasteiger partial charge is 0.351 e. The number of amides is 2. The first-order valence-corrected chi connectivity index (χ1v) is 11.1. The number of rotatable bonds is 4. The second kappa shape index (κ2) is 6.75. The summed E-state index contributed by atoms with van der Waals surface area (Å²) in [5.74, 6) is 1.64. The summed E-state index contributed by atoms with van der Waals surface area (Å²) in [6.45, 7) is 1.62. The topological polar surface area (TPSA) is 76.0 Å². The molecule has 1 aromatic rings. The van der Waals surface area contributed by atoms with Crippen molar-refractivity contribution in [2.75, 3.05) is 0 Å². The van der Waals surface area contributed by atoms with E-state index in [0.29, 0.717) is 34.5 Å². The van der Waals surface area contributed by atoms with Gasteiger partial charge in [0.25, 0.3) is 5.91 Å². The molecule has 4 fully saturated rings. The lowest BCUT2D eigenvalue weighted by molar-refractivity contribution is -0.121. The highest BCUT2D eigenvalue weighted by atomic mass is 35.5. The number of carbonyl (C=O) groups excluding carboxylic acids is 2. The molecule has 1 heterocycles. The molecule has 0 spiro atoms. The molecule has 0 radical (unpaired) electrons. The fraction of sp³-hybridized carbons (Fsp3) is 0.762. The molecular formula is C21H29ClN4O2. The summed E-state index contributed by atoms with van der Waals surface area (Å²) in [7, 11) is 0. The van der Waals surface area contributed by atoms with Gasteiger partial charge in [0.2, 0.25) is 5.91 Å². The zero-order valence-electron chi connectivity index (χ0n) is 16.4. The minimum Gasteiger partial charge on any atom is -0.351 e. The first kappa shape index (κ1) is 18.5. The summed E-state index contributed by atoms with van der Waals surface area (Å²) in [5, 5.41) is 11.4. The summed E-state index contributed by atoms with van der Waals surface area (Å²) in [4.78, 5) is 24.8. The van der Waals surface area contributed by atoms with E-state index >= 15 is 0 Å². The Morgan fingerprint density at radius 3 is 2.75 bits per heavy atom. The number of carbonyl (C=O) groups is 2. The van der Waals surface area contributed by atoms with Gasteiger partial charge in [-0.15, -0.1) is 0 Å². The first-order chi connectivity index (χ1) is 13.4. The van der Waals surface area contributed by atoms with Crippen molar-refractivity contribution in [3.63, 3.8) is 0 Å². The smallest absolute Gasteiger partial charge is 0.256 e. The standard InChI is InChI=1S/C21H29ClN4O2/c1-12(27)25-21-8-13-5-6-18(16(10-21)14(7-13)9-21)24-20(28)17-11-23-26(19(17)22)15-3-2-4-15/h11,13-16,18H,2-10H2,1H3,(H,24,28)(H,25,27)/t13?,14?,16?,18-,21-/m0/s1. The Labute approximate surface area is 170 Å². The molecule has 1 aromatic heterocycles. The van der Waals surface area contributed by atoms with Crippen molar-refractivity contribution in [2.24, 2.45) is 17.8 Å². The lowest BCUT2D eigenvalue weighted by Crippen LogP contribution is -2.50. The third kappa shape index (κ3) is 3.04. The lowest BCUT2D eigenvalue weighted by Gasteiger charge is -2.38. The van der Waals surface area contributed by atoms with Gasteiger partial charge in [0, 0.05) is 18.5 Å². The van der Waals surface area contributed by atoms with Gasteiger partial charge in [-0.2, -0.15) is 5.10 Å². The molecule has 2 amide bonds. The van der Waals surface area contributed by atoms with Crippen LogP contribution in [0.3, 0.4) is 0 Å². The molecule has 3 bridgehead atoms. The van der Waals surface area contributed by atoms with Crippen LogP contribution in [0.15, 0.2) is 6.20 Å². The molecule has 0 saturated heterocycles. The second-order valence-corrected chi connectivity index (χ2v) is 9.99. The quantitative estimate of drug-likeness (QED) is 0.806. The van der Waals surface area contributed by atoms with Crippen LogP contribution in [-0.4, -0.2) is 33.2 Å². The van der Waals surface area contributed by atoms with Gasteiger partial charge >= 0.3 is 0 Å². The molecule has 2 N–H and O–H groups in total. The number of halogens is 1. The van der Waals surface area contributed by atoms with Gasteiger partial charge in [0.15, 0.2) is 0 Å². The highest BCUT2D eigenvalue weighted by molar-refractivity contribution is 6.32. The highest BCUT2D eigenvalue weighted by Gasteiger charge is 2.54. The maximum absolute atomic E-state index is 13.0. The van der Waals surface area contributed by atoms with Crippen molar-refractivity contribution in [1.29, 1.82) is 0 Å². The van der Waals surface area contributed by atoms with Gasteiger partial charge < -0.3 is 10.6 Å². The van der Waals surface area contributed by atoms with Crippen LogP contribution in [0, 0.1) is 17.8 Å². The van der Waals surface area contributed by atoms with E-state index in [1.54, 1.807) is 13.1 Å². The Morgan fingerprint density at radius 1 is 1.21 bits per heavy atom. The van der Waals surface area contributed by atoms with Crippen molar-refractivity contribution in [1.82, 2.24) is 20.4 Å². The zero-order valence-corrected chi connectivity index (χ0v) is 17.2. The molecule has 4 saturated carbocycles. The number of hydrogen-bond donors (Lipinski definition) is 2. The molecule has 3 unspecified atom stereocenters. The molecule has 7 heteroatoms. The summed E-state index contributed by atoms with van der Waals surface area (Å²) in [6, 6.07) is 0.498. The zero-order chi connectivity index (χ0) is 19.5. The van der Waals surface area contributed by atoms with Gasteiger partial charge in [-0.1, -0.05) is 11.6 Å². The van der Waals surface area contributed by atoms with E-state index in [1.807, 2.05) is 4.68 Å². The first-order valence-electron chi connectivity index (χ1n) is 10.8. The van der Waals surface area contributed by atoms with Gasteiger partial charge in [0.1, 0.15) is 5.15 Å².